The molecule has 1 aliphatic rings. The second-order valence-electron chi connectivity index (χ2n) is 4.09. The van der Waals surface area contributed by atoms with E-state index < -0.39 is 6.43 Å². The summed E-state index contributed by atoms with van der Waals surface area (Å²) < 4.78 is 24.4. The molecule has 4 heteroatoms. The SMILES string of the molecule is NCCC1CCCCN(CC(F)F)C1. The number of nitrogens with zero attached hydrogens (tertiary/aromatic N) is 1. The Morgan fingerprint density at radius 1 is 1.36 bits per heavy atom. The highest BCUT2D eigenvalue weighted by Gasteiger charge is 2.19. The first kappa shape index (κ1) is 11.9. The van der Waals surface area contributed by atoms with Crippen molar-refractivity contribution in [1.29, 1.82) is 0 Å². The number of halogens is 2. The Morgan fingerprint density at radius 2 is 2.14 bits per heavy atom. The van der Waals surface area contributed by atoms with Gasteiger partial charge >= 0.3 is 0 Å². The van der Waals surface area contributed by atoms with Crippen molar-refractivity contribution in [2.24, 2.45) is 11.7 Å². The molecule has 14 heavy (non-hydrogen) atoms. The maximum atomic E-state index is 12.2. The summed E-state index contributed by atoms with van der Waals surface area (Å²) in [7, 11) is 0. The van der Waals surface area contributed by atoms with Crippen LogP contribution in [0.1, 0.15) is 25.7 Å². The molecule has 1 unspecified atom stereocenters. The van der Waals surface area contributed by atoms with Crippen LogP contribution in [-0.4, -0.2) is 37.5 Å². The molecule has 0 spiro atoms. The van der Waals surface area contributed by atoms with E-state index in [1.165, 1.54) is 0 Å². The number of alkyl halides is 2. The smallest absolute Gasteiger partial charge is 0.251 e. The first-order valence-corrected chi connectivity index (χ1v) is 5.43. The third-order valence-electron chi connectivity index (χ3n) is 2.82. The predicted octanol–water partition coefficient (Wildman–Crippen LogP) is 1.70. The minimum absolute atomic E-state index is 0.0684. The Labute approximate surface area is 84.4 Å². The number of nitrogens with two attached hydrogens (primary N) is 1. The van der Waals surface area contributed by atoms with Gasteiger partial charge in [-0.15, -0.1) is 0 Å². The Morgan fingerprint density at radius 3 is 2.79 bits per heavy atom. The highest BCUT2D eigenvalue weighted by molar-refractivity contribution is 4.72. The molecular formula is C10H20F2N2. The lowest BCUT2D eigenvalue weighted by molar-refractivity contribution is 0.0834. The van der Waals surface area contributed by atoms with E-state index in [1.807, 2.05) is 4.90 Å². The van der Waals surface area contributed by atoms with Crippen LogP contribution in [0.15, 0.2) is 0 Å². The largest absolute Gasteiger partial charge is 0.330 e. The van der Waals surface area contributed by atoms with Crippen LogP contribution in [0.2, 0.25) is 0 Å². The van der Waals surface area contributed by atoms with E-state index in [4.69, 9.17) is 5.73 Å². The van der Waals surface area contributed by atoms with E-state index in [1.54, 1.807) is 0 Å². The second-order valence-corrected chi connectivity index (χ2v) is 4.09. The molecule has 84 valence electrons. The summed E-state index contributed by atoms with van der Waals surface area (Å²) in [4.78, 5) is 1.89. The van der Waals surface area contributed by atoms with Gasteiger partial charge in [-0.2, -0.15) is 0 Å². The van der Waals surface area contributed by atoms with E-state index in [0.29, 0.717) is 12.5 Å². The lowest BCUT2D eigenvalue weighted by Crippen LogP contribution is -2.33. The maximum absolute atomic E-state index is 12.2. The summed E-state index contributed by atoms with van der Waals surface area (Å²) >= 11 is 0. The van der Waals surface area contributed by atoms with E-state index in [9.17, 15) is 8.78 Å². The third kappa shape index (κ3) is 4.33. The Bertz CT molecular complexity index is 153. The first-order chi connectivity index (χ1) is 6.72. The molecule has 1 saturated heterocycles. The van der Waals surface area contributed by atoms with Crippen molar-refractivity contribution in [2.45, 2.75) is 32.1 Å². The summed E-state index contributed by atoms with van der Waals surface area (Å²) in [5.41, 5.74) is 5.49. The van der Waals surface area contributed by atoms with Crippen LogP contribution in [0.3, 0.4) is 0 Å². The summed E-state index contributed by atoms with van der Waals surface area (Å²) in [6.45, 7) is 2.24. The van der Waals surface area contributed by atoms with Gasteiger partial charge in [0.1, 0.15) is 0 Å². The number of rotatable bonds is 4. The van der Waals surface area contributed by atoms with E-state index in [0.717, 1.165) is 38.8 Å². The molecule has 0 saturated carbocycles. The molecule has 0 radical (unpaired) electrons. The van der Waals surface area contributed by atoms with Crippen LogP contribution in [0.5, 0.6) is 0 Å². The van der Waals surface area contributed by atoms with Gasteiger partial charge in [-0.05, 0) is 38.3 Å². The Kier molecular flexibility index (Phi) is 5.33. The molecule has 0 aromatic rings. The van der Waals surface area contributed by atoms with Gasteiger partial charge in [0.05, 0.1) is 6.54 Å². The highest BCUT2D eigenvalue weighted by atomic mass is 19.3. The van der Waals surface area contributed by atoms with Crippen molar-refractivity contribution in [2.75, 3.05) is 26.2 Å². The van der Waals surface area contributed by atoms with Crippen LogP contribution >= 0.6 is 0 Å². The zero-order valence-electron chi connectivity index (χ0n) is 8.59. The maximum Gasteiger partial charge on any atom is 0.251 e. The molecule has 1 atom stereocenters. The van der Waals surface area contributed by atoms with Gasteiger partial charge in [-0.3, -0.25) is 4.90 Å². The van der Waals surface area contributed by atoms with Crippen LogP contribution < -0.4 is 5.73 Å². The normalized spacial score (nSPS) is 25.3. The van der Waals surface area contributed by atoms with E-state index in [-0.39, 0.29) is 6.54 Å². The van der Waals surface area contributed by atoms with Gasteiger partial charge in [-0.25, -0.2) is 8.78 Å². The molecular weight excluding hydrogens is 186 g/mol. The summed E-state index contributed by atoms with van der Waals surface area (Å²) in [6.07, 6.45) is 2.13. The fraction of sp³-hybridized carbons (Fsp3) is 1.00. The zero-order chi connectivity index (χ0) is 10.4. The summed E-state index contributed by atoms with van der Waals surface area (Å²) in [5.74, 6) is 0.529. The third-order valence-corrected chi connectivity index (χ3v) is 2.82. The van der Waals surface area contributed by atoms with E-state index >= 15 is 0 Å². The highest BCUT2D eigenvalue weighted by Crippen LogP contribution is 2.19. The van der Waals surface area contributed by atoms with Crippen LogP contribution in [0.4, 0.5) is 8.78 Å². The summed E-state index contributed by atoms with van der Waals surface area (Å²) in [6, 6.07) is 0. The summed E-state index contributed by atoms with van der Waals surface area (Å²) in [5, 5.41) is 0. The molecule has 0 aliphatic carbocycles. The average molecular weight is 206 g/mol. The quantitative estimate of drug-likeness (QED) is 0.758. The number of hydrogen-bond acceptors (Lipinski definition) is 2. The fourth-order valence-corrected chi connectivity index (χ4v) is 2.15. The fourth-order valence-electron chi connectivity index (χ4n) is 2.15. The zero-order valence-corrected chi connectivity index (χ0v) is 8.59. The molecule has 2 nitrogen and oxygen atoms in total. The monoisotopic (exact) mass is 206 g/mol. The molecule has 0 aromatic heterocycles. The van der Waals surface area contributed by atoms with Gasteiger partial charge < -0.3 is 5.73 Å². The van der Waals surface area contributed by atoms with Crippen molar-refractivity contribution >= 4 is 0 Å². The van der Waals surface area contributed by atoms with E-state index in [2.05, 4.69) is 0 Å². The minimum atomic E-state index is -2.20. The molecule has 0 bridgehead atoms. The lowest BCUT2D eigenvalue weighted by atomic mass is 10.00. The van der Waals surface area contributed by atoms with Gasteiger partial charge in [-0.1, -0.05) is 6.42 Å². The number of hydrogen-bond donors (Lipinski definition) is 1. The Balaban J connectivity index is 2.34. The lowest BCUT2D eigenvalue weighted by Gasteiger charge is -2.23. The average Bonchev–Trinajstić information content (AvgIpc) is 2.30. The molecule has 0 amide bonds. The topological polar surface area (TPSA) is 29.3 Å². The predicted molar refractivity (Wildman–Crippen MR) is 53.5 cm³/mol. The van der Waals surface area contributed by atoms with Gasteiger partial charge in [0, 0.05) is 6.54 Å². The van der Waals surface area contributed by atoms with Gasteiger partial charge in [0.2, 0.25) is 0 Å². The molecule has 1 fully saturated rings. The van der Waals surface area contributed by atoms with Crippen LogP contribution in [-0.2, 0) is 0 Å². The van der Waals surface area contributed by atoms with Crippen molar-refractivity contribution in [3.05, 3.63) is 0 Å². The first-order valence-electron chi connectivity index (χ1n) is 5.43. The van der Waals surface area contributed by atoms with Crippen molar-refractivity contribution < 1.29 is 8.78 Å². The Hall–Kier alpha value is -0.220. The molecule has 2 N–H and O–H groups in total. The van der Waals surface area contributed by atoms with Crippen molar-refractivity contribution in [3.63, 3.8) is 0 Å². The van der Waals surface area contributed by atoms with Crippen molar-refractivity contribution in [1.82, 2.24) is 4.90 Å². The molecule has 1 aliphatic heterocycles. The standard InChI is InChI=1S/C10H20F2N2/c11-10(12)8-14-6-2-1-3-9(7-14)4-5-13/h9-10H,1-8,13H2. The van der Waals surface area contributed by atoms with Gasteiger partial charge in [0.25, 0.3) is 6.43 Å². The molecule has 1 rings (SSSR count). The second kappa shape index (κ2) is 6.30. The molecule has 1 heterocycles. The van der Waals surface area contributed by atoms with Crippen LogP contribution in [0, 0.1) is 5.92 Å². The van der Waals surface area contributed by atoms with Crippen LogP contribution in [0.25, 0.3) is 0 Å². The van der Waals surface area contributed by atoms with Crippen molar-refractivity contribution in [3.8, 4) is 0 Å². The number of likely N-dealkylation sites (tertiary alicyclic amines) is 1. The molecule has 0 aromatic carbocycles. The minimum Gasteiger partial charge on any atom is -0.330 e. The van der Waals surface area contributed by atoms with Gasteiger partial charge in [0.15, 0.2) is 0 Å².